The molecule has 0 aliphatic carbocycles. The Hall–Kier alpha value is -3.58. The van der Waals surface area contributed by atoms with E-state index in [0.29, 0.717) is 0 Å². The fourth-order valence-corrected chi connectivity index (χ4v) is 3.43. The van der Waals surface area contributed by atoms with E-state index in [0.717, 1.165) is 56.7 Å². The number of hydrogen-bond donors (Lipinski definition) is 2. The second-order valence-electron chi connectivity index (χ2n) is 7.13. The number of hydrogen-bond acceptors (Lipinski definition) is 5. The van der Waals surface area contributed by atoms with Crippen LogP contribution in [0.1, 0.15) is 5.56 Å². The maximum absolute atomic E-state index is 4.89. The molecule has 0 radical (unpaired) electrons. The first-order valence-electron chi connectivity index (χ1n) is 9.04. The minimum absolute atomic E-state index is 0.797. The van der Waals surface area contributed by atoms with Crippen molar-refractivity contribution in [3.05, 3.63) is 60.7 Å². The summed E-state index contributed by atoms with van der Waals surface area (Å²) in [4.78, 5) is 19.0. The van der Waals surface area contributed by atoms with Crippen LogP contribution in [0.25, 0.3) is 44.6 Å². The van der Waals surface area contributed by atoms with Crippen LogP contribution in [0, 0.1) is 0 Å². The van der Waals surface area contributed by atoms with E-state index in [2.05, 4.69) is 36.1 Å². The molecule has 5 aromatic heterocycles. The molecule has 0 saturated heterocycles. The van der Waals surface area contributed by atoms with Crippen LogP contribution in [0.2, 0.25) is 0 Å². The number of aromatic amines is 2. The molecule has 138 valence electrons. The number of aromatic nitrogens is 6. The van der Waals surface area contributed by atoms with Crippen LogP contribution in [0.5, 0.6) is 0 Å². The molecule has 5 aromatic rings. The minimum Gasteiger partial charge on any atom is -0.353 e. The molecule has 5 heterocycles. The summed E-state index contributed by atoms with van der Waals surface area (Å²) in [5, 5.41) is 8.61. The highest BCUT2D eigenvalue weighted by Crippen LogP contribution is 2.29. The van der Waals surface area contributed by atoms with Crippen LogP contribution in [-0.4, -0.2) is 49.1 Å². The largest absolute Gasteiger partial charge is 0.353 e. The SMILES string of the molecule is CN(C)Cc1cncc(-c2ccc3[nH]nc(-c4cc5cnccc5[nH]4)c3n2)c1. The summed E-state index contributed by atoms with van der Waals surface area (Å²) in [6.45, 7) is 0.836. The van der Waals surface area contributed by atoms with Crippen molar-refractivity contribution in [1.29, 1.82) is 0 Å². The van der Waals surface area contributed by atoms with E-state index >= 15 is 0 Å². The molecule has 0 aliphatic rings. The van der Waals surface area contributed by atoms with Gasteiger partial charge in [-0.05, 0) is 50.0 Å². The summed E-state index contributed by atoms with van der Waals surface area (Å²) in [6.07, 6.45) is 7.35. The predicted molar refractivity (Wildman–Crippen MR) is 110 cm³/mol. The van der Waals surface area contributed by atoms with E-state index in [1.807, 2.05) is 57.0 Å². The molecule has 5 rings (SSSR count). The van der Waals surface area contributed by atoms with Crippen LogP contribution in [0.15, 0.2) is 55.1 Å². The lowest BCUT2D eigenvalue weighted by atomic mass is 10.1. The lowest BCUT2D eigenvalue weighted by molar-refractivity contribution is 0.402. The third-order valence-electron chi connectivity index (χ3n) is 4.67. The highest BCUT2D eigenvalue weighted by Gasteiger charge is 2.14. The maximum Gasteiger partial charge on any atom is 0.135 e. The Bertz CT molecular complexity index is 1250. The predicted octanol–water partition coefficient (Wildman–Crippen LogP) is 3.62. The molecule has 0 saturated carbocycles. The van der Waals surface area contributed by atoms with Gasteiger partial charge in [-0.3, -0.25) is 15.1 Å². The molecular formula is C21H19N7. The zero-order valence-corrected chi connectivity index (χ0v) is 15.6. The Morgan fingerprint density at radius 3 is 2.75 bits per heavy atom. The summed E-state index contributed by atoms with van der Waals surface area (Å²) in [5.41, 5.74) is 7.49. The first-order chi connectivity index (χ1) is 13.7. The van der Waals surface area contributed by atoms with Crippen LogP contribution in [-0.2, 0) is 6.54 Å². The van der Waals surface area contributed by atoms with Crippen molar-refractivity contribution in [2.75, 3.05) is 14.1 Å². The van der Waals surface area contributed by atoms with Gasteiger partial charge in [0.2, 0.25) is 0 Å². The second kappa shape index (κ2) is 6.54. The molecule has 2 N–H and O–H groups in total. The van der Waals surface area contributed by atoms with Gasteiger partial charge in [-0.2, -0.15) is 5.10 Å². The van der Waals surface area contributed by atoms with Gasteiger partial charge in [0.15, 0.2) is 0 Å². The zero-order chi connectivity index (χ0) is 19.1. The highest BCUT2D eigenvalue weighted by atomic mass is 15.1. The van der Waals surface area contributed by atoms with E-state index in [9.17, 15) is 0 Å². The molecular weight excluding hydrogens is 350 g/mol. The molecule has 7 heteroatoms. The Balaban J connectivity index is 1.60. The lowest BCUT2D eigenvalue weighted by Gasteiger charge is -2.10. The van der Waals surface area contributed by atoms with Gasteiger partial charge >= 0.3 is 0 Å². The molecule has 0 fully saturated rings. The van der Waals surface area contributed by atoms with Crippen molar-refractivity contribution in [1.82, 2.24) is 35.0 Å². The quantitative estimate of drug-likeness (QED) is 0.505. The fourth-order valence-electron chi connectivity index (χ4n) is 3.43. The van der Waals surface area contributed by atoms with E-state index in [1.165, 1.54) is 0 Å². The summed E-state index contributed by atoms with van der Waals surface area (Å²) >= 11 is 0. The van der Waals surface area contributed by atoms with E-state index in [1.54, 1.807) is 6.20 Å². The van der Waals surface area contributed by atoms with Gasteiger partial charge in [0, 0.05) is 47.8 Å². The van der Waals surface area contributed by atoms with E-state index in [-0.39, 0.29) is 0 Å². The van der Waals surface area contributed by atoms with Crippen molar-refractivity contribution in [2.45, 2.75) is 6.54 Å². The number of nitrogens with one attached hydrogen (secondary N) is 2. The van der Waals surface area contributed by atoms with E-state index < -0.39 is 0 Å². The first-order valence-corrected chi connectivity index (χ1v) is 9.04. The number of H-pyrrole nitrogens is 2. The number of pyridine rings is 3. The Morgan fingerprint density at radius 1 is 0.964 bits per heavy atom. The summed E-state index contributed by atoms with van der Waals surface area (Å²) in [5.74, 6) is 0. The van der Waals surface area contributed by atoms with Gasteiger partial charge in [-0.15, -0.1) is 0 Å². The topological polar surface area (TPSA) is 86.4 Å². The van der Waals surface area contributed by atoms with Crippen molar-refractivity contribution < 1.29 is 0 Å². The maximum atomic E-state index is 4.89. The third-order valence-corrected chi connectivity index (χ3v) is 4.67. The average molecular weight is 369 g/mol. The van der Waals surface area contributed by atoms with Gasteiger partial charge in [0.25, 0.3) is 0 Å². The Kier molecular flexibility index (Phi) is 3.87. The minimum atomic E-state index is 0.797. The van der Waals surface area contributed by atoms with Crippen LogP contribution >= 0.6 is 0 Å². The van der Waals surface area contributed by atoms with E-state index in [4.69, 9.17) is 4.98 Å². The number of rotatable bonds is 4. The summed E-state index contributed by atoms with van der Waals surface area (Å²) < 4.78 is 0. The number of fused-ring (bicyclic) bond motifs is 2. The smallest absolute Gasteiger partial charge is 0.135 e. The van der Waals surface area contributed by atoms with Gasteiger partial charge in [0.05, 0.1) is 16.9 Å². The number of nitrogens with zero attached hydrogens (tertiary/aromatic N) is 5. The third kappa shape index (κ3) is 2.91. The normalized spacial score (nSPS) is 11.7. The molecule has 0 amide bonds. The summed E-state index contributed by atoms with van der Waals surface area (Å²) in [7, 11) is 4.09. The lowest BCUT2D eigenvalue weighted by Crippen LogP contribution is -2.10. The standard InChI is InChI=1S/C21H19N7/c1-28(2)12-13-7-14(11-23-9-13)16-3-4-18-20(25-16)21(27-26-18)19-8-15-10-22-6-5-17(15)24-19/h3-11,24H,12H2,1-2H3,(H,26,27). The highest BCUT2D eigenvalue weighted by molar-refractivity contribution is 5.94. The van der Waals surface area contributed by atoms with Crippen molar-refractivity contribution in [3.63, 3.8) is 0 Å². The van der Waals surface area contributed by atoms with Gasteiger partial charge < -0.3 is 9.88 Å². The van der Waals surface area contributed by atoms with Gasteiger partial charge in [-0.1, -0.05) is 0 Å². The molecule has 0 aromatic carbocycles. The summed E-state index contributed by atoms with van der Waals surface area (Å²) in [6, 6.07) is 10.1. The first kappa shape index (κ1) is 16.6. The molecule has 0 unspecified atom stereocenters. The molecule has 7 nitrogen and oxygen atoms in total. The van der Waals surface area contributed by atoms with Crippen molar-refractivity contribution in [2.24, 2.45) is 0 Å². The van der Waals surface area contributed by atoms with Gasteiger partial charge in [-0.25, -0.2) is 4.98 Å². The van der Waals surface area contributed by atoms with Gasteiger partial charge in [0.1, 0.15) is 11.2 Å². The van der Waals surface area contributed by atoms with Crippen LogP contribution in [0.3, 0.4) is 0 Å². The molecule has 28 heavy (non-hydrogen) atoms. The molecule has 0 aliphatic heterocycles. The zero-order valence-electron chi connectivity index (χ0n) is 15.6. The monoisotopic (exact) mass is 369 g/mol. The molecule has 0 atom stereocenters. The van der Waals surface area contributed by atoms with Crippen LogP contribution < -0.4 is 0 Å². The average Bonchev–Trinajstić information content (AvgIpc) is 3.30. The molecule has 0 bridgehead atoms. The fraction of sp³-hybridized carbons (Fsp3) is 0.143. The Morgan fingerprint density at radius 2 is 1.89 bits per heavy atom. The van der Waals surface area contributed by atoms with Crippen LogP contribution in [0.4, 0.5) is 0 Å². The second-order valence-corrected chi connectivity index (χ2v) is 7.13. The Labute approximate surface area is 161 Å². The molecule has 0 spiro atoms. The van der Waals surface area contributed by atoms with Crippen molar-refractivity contribution >= 4 is 21.9 Å². The van der Waals surface area contributed by atoms with Crippen molar-refractivity contribution in [3.8, 4) is 22.6 Å².